The molecule has 1 amide bonds. The first kappa shape index (κ1) is 17.7. The summed E-state index contributed by atoms with van der Waals surface area (Å²) in [5.41, 5.74) is 1.33. The Kier molecular flexibility index (Phi) is 5.86. The maximum absolute atomic E-state index is 12.1. The highest BCUT2D eigenvalue weighted by Gasteiger charge is 2.11. The van der Waals surface area contributed by atoms with E-state index in [2.05, 4.69) is 15.3 Å². The Balaban J connectivity index is 1.56. The number of halogens is 2. The Morgan fingerprint density at radius 2 is 2.00 bits per heavy atom. The van der Waals surface area contributed by atoms with Crippen LogP contribution in [0.5, 0.6) is 5.75 Å². The van der Waals surface area contributed by atoms with E-state index in [1.165, 1.54) is 11.3 Å². The SMILES string of the molecule is O=C(NCc1ccncc1)c1csc(COc2cc(Cl)ccc2Cl)n1. The van der Waals surface area contributed by atoms with Gasteiger partial charge in [0.2, 0.25) is 0 Å². The number of hydrogen-bond acceptors (Lipinski definition) is 5. The van der Waals surface area contributed by atoms with Crippen molar-refractivity contribution in [2.75, 3.05) is 0 Å². The highest BCUT2D eigenvalue weighted by Crippen LogP contribution is 2.28. The van der Waals surface area contributed by atoms with E-state index in [0.717, 1.165) is 5.56 Å². The van der Waals surface area contributed by atoms with Crippen molar-refractivity contribution in [1.29, 1.82) is 0 Å². The van der Waals surface area contributed by atoms with Gasteiger partial charge in [0, 0.05) is 35.4 Å². The van der Waals surface area contributed by atoms with Crippen molar-refractivity contribution in [3.8, 4) is 5.75 Å². The third-order valence-electron chi connectivity index (χ3n) is 3.23. The Bertz CT molecular complexity index is 871. The number of carbonyl (C=O) groups excluding carboxylic acids is 1. The summed E-state index contributed by atoms with van der Waals surface area (Å²) >= 11 is 13.3. The number of rotatable bonds is 6. The lowest BCUT2D eigenvalue weighted by Crippen LogP contribution is -2.23. The highest BCUT2D eigenvalue weighted by atomic mass is 35.5. The molecule has 3 aromatic rings. The second-order valence-corrected chi connectivity index (χ2v) is 6.81. The van der Waals surface area contributed by atoms with Crippen molar-refractivity contribution < 1.29 is 9.53 Å². The molecule has 0 fully saturated rings. The fourth-order valence-electron chi connectivity index (χ4n) is 1.98. The third-order valence-corrected chi connectivity index (χ3v) is 4.60. The predicted octanol–water partition coefficient (Wildman–Crippen LogP) is 4.35. The summed E-state index contributed by atoms with van der Waals surface area (Å²) in [6.45, 7) is 0.630. The second kappa shape index (κ2) is 8.29. The number of carbonyl (C=O) groups is 1. The fraction of sp³-hybridized carbons (Fsp3) is 0.118. The van der Waals surface area contributed by atoms with E-state index in [-0.39, 0.29) is 12.5 Å². The molecule has 25 heavy (non-hydrogen) atoms. The minimum Gasteiger partial charge on any atom is -0.485 e. The summed E-state index contributed by atoms with van der Waals surface area (Å²) < 4.78 is 5.62. The number of thiazole rings is 1. The van der Waals surface area contributed by atoms with Gasteiger partial charge in [-0.15, -0.1) is 11.3 Å². The molecule has 2 aromatic heterocycles. The summed E-state index contributed by atoms with van der Waals surface area (Å²) in [6, 6.07) is 8.68. The summed E-state index contributed by atoms with van der Waals surface area (Å²) in [6.07, 6.45) is 3.36. The summed E-state index contributed by atoms with van der Waals surface area (Å²) in [7, 11) is 0. The standard InChI is InChI=1S/C17H13Cl2N3O2S/c18-12-1-2-13(19)15(7-12)24-9-16-22-14(10-25-16)17(23)21-8-11-3-5-20-6-4-11/h1-7,10H,8-9H2,(H,21,23). The summed E-state index contributed by atoms with van der Waals surface area (Å²) in [5.74, 6) is 0.244. The van der Waals surface area contributed by atoms with Gasteiger partial charge < -0.3 is 10.1 Å². The van der Waals surface area contributed by atoms with Crippen LogP contribution in [0.3, 0.4) is 0 Å². The maximum atomic E-state index is 12.1. The van der Waals surface area contributed by atoms with Gasteiger partial charge in [0.1, 0.15) is 23.1 Å². The van der Waals surface area contributed by atoms with Crippen LogP contribution in [0.2, 0.25) is 10.0 Å². The maximum Gasteiger partial charge on any atom is 0.271 e. The van der Waals surface area contributed by atoms with Gasteiger partial charge in [-0.25, -0.2) is 4.98 Å². The monoisotopic (exact) mass is 393 g/mol. The van der Waals surface area contributed by atoms with Crippen molar-refractivity contribution in [2.24, 2.45) is 0 Å². The lowest BCUT2D eigenvalue weighted by molar-refractivity contribution is 0.0946. The van der Waals surface area contributed by atoms with Crippen LogP contribution in [0.25, 0.3) is 0 Å². The van der Waals surface area contributed by atoms with Gasteiger partial charge in [0.15, 0.2) is 0 Å². The van der Waals surface area contributed by atoms with Crippen molar-refractivity contribution in [3.05, 3.63) is 74.4 Å². The minimum atomic E-state index is -0.236. The molecule has 0 aliphatic rings. The first-order chi connectivity index (χ1) is 12.1. The van der Waals surface area contributed by atoms with Gasteiger partial charge >= 0.3 is 0 Å². The number of pyridine rings is 1. The molecule has 0 aliphatic heterocycles. The molecule has 3 rings (SSSR count). The lowest BCUT2D eigenvalue weighted by Gasteiger charge is -2.06. The Hall–Kier alpha value is -2.15. The zero-order valence-corrected chi connectivity index (χ0v) is 15.2. The Morgan fingerprint density at radius 3 is 2.80 bits per heavy atom. The number of ether oxygens (including phenoxy) is 1. The topological polar surface area (TPSA) is 64.1 Å². The molecule has 1 aromatic carbocycles. The molecule has 0 atom stereocenters. The van der Waals surface area contributed by atoms with Gasteiger partial charge in [-0.3, -0.25) is 9.78 Å². The normalized spacial score (nSPS) is 10.5. The zero-order chi connectivity index (χ0) is 17.6. The van der Waals surface area contributed by atoms with E-state index in [1.54, 1.807) is 36.0 Å². The van der Waals surface area contributed by atoms with Crippen molar-refractivity contribution in [1.82, 2.24) is 15.3 Å². The molecule has 0 bridgehead atoms. The van der Waals surface area contributed by atoms with Crippen LogP contribution in [0.4, 0.5) is 0 Å². The molecule has 0 radical (unpaired) electrons. The number of aromatic nitrogens is 2. The second-order valence-electron chi connectivity index (χ2n) is 5.03. The minimum absolute atomic E-state index is 0.211. The molecule has 2 heterocycles. The molecule has 1 N–H and O–H groups in total. The number of nitrogens with one attached hydrogen (secondary N) is 1. The van der Waals surface area contributed by atoms with Gasteiger partial charge in [0.05, 0.1) is 5.02 Å². The van der Waals surface area contributed by atoms with Crippen LogP contribution in [0.15, 0.2) is 48.1 Å². The smallest absolute Gasteiger partial charge is 0.271 e. The van der Waals surface area contributed by atoms with E-state index in [9.17, 15) is 4.79 Å². The predicted molar refractivity (Wildman–Crippen MR) is 98.3 cm³/mol. The van der Waals surface area contributed by atoms with Gasteiger partial charge in [-0.2, -0.15) is 0 Å². The zero-order valence-electron chi connectivity index (χ0n) is 12.9. The molecule has 5 nitrogen and oxygen atoms in total. The molecule has 0 unspecified atom stereocenters. The van der Waals surface area contributed by atoms with Crippen molar-refractivity contribution in [3.63, 3.8) is 0 Å². The highest BCUT2D eigenvalue weighted by molar-refractivity contribution is 7.09. The average Bonchev–Trinajstić information content (AvgIpc) is 3.10. The van der Waals surface area contributed by atoms with Gasteiger partial charge in [-0.1, -0.05) is 23.2 Å². The van der Waals surface area contributed by atoms with Crippen LogP contribution in [-0.2, 0) is 13.2 Å². The van der Waals surface area contributed by atoms with Crippen LogP contribution in [0.1, 0.15) is 21.1 Å². The Labute approximate surface area is 158 Å². The van der Waals surface area contributed by atoms with Crippen molar-refractivity contribution >= 4 is 40.4 Å². The van der Waals surface area contributed by atoms with E-state index >= 15 is 0 Å². The largest absolute Gasteiger partial charge is 0.485 e. The number of nitrogens with zero attached hydrogens (tertiary/aromatic N) is 2. The number of amides is 1. The molecule has 0 aliphatic carbocycles. The molecular formula is C17H13Cl2N3O2S. The van der Waals surface area contributed by atoms with E-state index in [4.69, 9.17) is 27.9 Å². The van der Waals surface area contributed by atoms with Gasteiger partial charge in [0.25, 0.3) is 5.91 Å². The van der Waals surface area contributed by atoms with Crippen LogP contribution in [-0.4, -0.2) is 15.9 Å². The van der Waals surface area contributed by atoms with Crippen LogP contribution >= 0.6 is 34.5 Å². The fourth-order valence-corrected chi connectivity index (χ4v) is 3.00. The van der Waals surface area contributed by atoms with Crippen LogP contribution < -0.4 is 10.1 Å². The molecule has 0 saturated carbocycles. The van der Waals surface area contributed by atoms with Gasteiger partial charge in [-0.05, 0) is 29.8 Å². The molecule has 8 heteroatoms. The summed E-state index contributed by atoms with van der Waals surface area (Å²) in [4.78, 5) is 20.4. The number of benzene rings is 1. The lowest BCUT2D eigenvalue weighted by atomic mass is 10.2. The number of hydrogen-bond donors (Lipinski definition) is 1. The van der Waals surface area contributed by atoms with Crippen molar-refractivity contribution in [2.45, 2.75) is 13.2 Å². The third kappa shape index (κ3) is 4.92. The summed E-state index contributed by atoms with van der Waals surface area (Å²) in [5, 5.41) is 6.19. The first-order valence-electron chi connectivity index (χ1n) is 7.31. The average molecular weight is 394 g/mol. The van der Waals surface area contributed by atoms with Crippen LogP contribution in [0, 0.1) is 0 Å². The molecular weight excluding hydrogens is 381 g/mol. The molecule has 0 saturated heterocycles. The molecule has 128 valence electrons. The first-order valence-corrected chi connectivity index (χ1v) is 8.95. The van der Waals surface area contributed by atoms with E-state index in [0.29, 0.717) is 33.0 Å². The van der Waals surface area contributed by atoms with E-state index < -0.39 is 0 Å². The molecule has 0 spiro atoms. The quantitative estimate of drug-likeness (QED) is 0.675. The van der Waals surface area contributed by atoms with E-state index in [1.807, 2.05) is 12.1 Å². The Morgan fingerprint density at radius 1 is 1.20 bits per heavy atom.